The number of rotatable bonds is 3. The molecule has 3 unspecified atom stereocenters. The Morgan fingerprint density at radius 2 is 1.72 bits per heavy atom. The van der Waals surface area contributed by atoms with Gasteiger partial charge in [0, 0.05) is 19.1 Å². The minimum absolute atomic E-state index is 0.353. The number of nitrogens with zero attached hydrogens (tertiary/aromatic N) is 1. The lowest BCUT2D eigenvalue weighted by Gasteiger charge is -2.39. The fraction of sp³-hybridized carbons (Fsp3) is 0.625. The number of phenols is 1. The summed E-state index contributed by atoms with van der Waals surface area (Å²) in [5.41, 5.74) is 1.31. The molecule has 3 atom stereocenters. The summed E-state index contributed by atoms with van der Waals surface area (Å²) >= 11 is 0. The standard InChI is InChI=1S/C16H25NO/c1-12-8-13(2)11-17(10-12)14(3)9-15-4-6-16(18)7-5-15/h4-7,12-14,18H,8-11H2,1-3H3. The number of benzene rings is 1. The molecule has 1 aliphatic rings. The van der Waals surface area contributed by atoms with Gasteiger partial charge in [-0.2, -0.15) is 0 Å². The molecule has 1 saturated heterocycles. The van der Waals surface area contributed by atoms with Gasteiger partial charge in [-0.3, -0.25) is 4.90 Å². The van der Waals surface area contributed by atoms with Crippen LogP contribution in [0.2, 0.25) is 0 Å². The van der Waals surface area contributed by atoms with Gasteiger partial charge in [0.2, 0.25) is 0 Å². The van der Waals surface area contributed by atoms with E-state index in [1.165, 1.54) is 25.1 Å². The molecule has 1 aromatic carbocycles. The van der Waals surface area contributed by atoms with E-state index in [1.54, 1.807) is 12.1 Å². The van der Waals surface area contributed by atoms with E-state index in [0.29, 0.717) is 11.8 Å². The van der Waals surface area contributed by atoms with Gasteiger partial charge in [0.25, 0.3) is 0 Å². The monoisotopic (exact) mass is 247 g/mol. The Labute approximate surface area is 111 Å². The summed E-state index contributed by atoms with van der Waals surface area (Å²) in [6, 6.07) is 8.21. The van der Waals surface area contributed by atoms with Gasteiger partial charge in [-0.25, -0.2) is 0 Å². The number of phenolic OH excluding ortho intramolecular Hbond substituents is 1. The molecule has 0 amide bonds. The van der Waals surface area contributed by atoms with Gasteiger partial charge in [-0.15, -0.1) is 0 Å². The zero-order valence-corrected chi connectivity index (χ0v) is 11.8. The highest BCUT2D eigenvalue weighted by molar-refractivity contribution is 5.26. The number of aromatic hydroxyl groups is 1. The number of likely N-dealkylation sites (tertiary alicyclic amines) is 1. The van der Waals surface area contributed by atoms with Crippen LogP contribution < -0.4 is 0 Å². The van der Waals surface area contributed by atoms with Crippen LogP contribution >= 0.6 is 0 Å². The first-order chi connectivity index (χ1) is 8.54. The van der Waals surface area contributed by atoms with Crippen LogP contribution in [0.3, 0.4) is 0 Å². The van der Waals surface area contributed by atoms with Crippen molar-refractivity contribution < 1.29 is 5.11 Å². The Hall–Kier alpha value is -1.02. The first-order valence-electron chi connectivity index (χ1n) is 7.06. The minimum Gasteiger partial charge on any atom is -0.508 e. The zero-order valence-electron chi connectivity index (χ0n) is 11.8. The van der Waals surface area contributed by atoms with Crippen molar-refractivity contribution in [2.24, 2.45) is 11.8 Å². The topological polar surface area (TPSA) is 23.5 Å². The second-order valence-electron chi connectivity index (χ2n) is 6.12. The Kier molecular flexibility index (Phi) is 4.28. The highest BCUT2D eigenvalue weighted by Crippen LogP contribution is 2.24. The van der Waals surface area contributed by atoms with Crippen molar-refractivity contribution in [1.29, 1.82) is 0 Å². The molecular weight excluding hydrogens is 222 g/mol. The van der Waals surface area contributed by atoms with Crippen LogP contribution in [0.15, 0.2) is 24.3 Å². The Morgan fingerprint density at radius 1 is 1.17 bits per heavy atom. The van der Waals surface area contributed by atoms with E-state index in [2.05, 4.69) is 25.7 Å². The molecular formula is C16H25NO. The van der Waals surface area contributed by atoms with E-state index in [0.717, 1.165) is 18.3 Å². The van der Waals surface area contributed by atoms with Crippen molar-refractivity contribution in [3.05, 3.63) is 29.8 Å². The van der Waals surface area contributed by atoms with Gasteiger partial charge < -0.3 is 5.11 Å². The molecule has 2 heteroatoms. The minimum atomic E-state index is 0.353. The van der Waals surface area contributed by atoms with Crippen LogP contribution in [0, 0.1) is 11.8 Å². The lowest BCUT2D eigenvalue weighted by atomic mass is 9.90. The van der Waals surface area contributed by atoms with Gasteiger partial charge in [0.05, 0.1) is 0 Å². The van der Waals surface area contributed by atoms with Crippen molar-refractivity contribution in [3.63, 3.8) is 0 Å². The maximum absolute atomic E-state index is 9.30. The van der Waals surface area contributed by atoms with Crippen molar-refractivity contribution in [2.75, 3.05) is 13.1 Å². The van der Waals surface area contributed by atoms with E-state index in [1.807, 2.05) is 12.1 Å². The number of hydrogen-bond acceptors (Lipinski definition) is 2. The molecule has 1 heterocycles. The van der Waals surface area contributed by atoms with Gasteiger partial charge in [0.15, 0.2) is 0 Å². The molecule has 1 N–H and O–H groups in total. The molecule has 0 aromatic heterocycles. The molecule has 0 radical (unpaired) electrons. The highest BCUT2D eigenvalue weighted by Gasteiger charge is 2.25. The van der Waals surface area contributed by atoms with Gasteiger partial charge in [-0.05, 0) is 49.3 Å². The summed E-state index contributed by atoms with van der Waals surface area (Å²) < 4.78 is 0. The highest BCUT2D eigenvalue weighted by atomic mass is 16.3. The third-order valence-corrected chi connectivity index (χ3v) is 3.99. The van der Waals surface area contributed by atoms with E-state index in [9.17, 15) is 5.11 Å². The molecule has 18 heavy (non-hydrogen) atoms. The van der Waals surface area contributed by atoms with Crippen molar-refractivity contribution in [2.45, 2.75) is 39.7 Å². The third-order valence-electron chi connectivity index (χ3n) is 3.99. The van der Waals surface area contributed by atoms with Crippen molar-refractivity contribution in [1.82, 2.24) is 4.90 Å². The second-order valence-corrected chi connectivity index (χ2v) is 6.12. The molecule has 2 nitrogen and oxygen atoms in total. The predicted octanol–water partition coefficient (Wildman–Crippen LogP) is 3.30. The Morgan fingerprint density at radius 3 is 2.28 bits per heavy atom. The largest absolute Gasteiger partial charge is 0.508 e. The molecule has 1 aliphatic heterocycles. The number of piperidine rings is 1. The van der Waals surface area contributed by atoms with Gasteiger partial charge in [0.1, 0.15) is 5.75 Å². The van der Waals surface area contributed by atoms with E-state index in [4.69, 9.17) is 0 Å². The van der Waals surface area contributed by atoms with Crippen molar-refractivity contribution >= 4 is 0 Å². The van der Waals surface area contributed by atoms with Gasteiger partial charge in [-0.1, -0.05) is 26.0 Å². The molecule has 0 bridgehead atoms. The summed E-state index contributed by atoms with van der Waals surface area (Å²) in [6.07, 6.45) is 2.43. The molecule has 2 rings (SSSR count). The van der Waals surface area contributed by atoms with Crippen LogP contribution in [0.25, 0.3) is 0 Å². The van der Waals surface area contributed by atoms with Crippen LogP contribution in [0.4, 0.5) is 0 Å². The Balaban J connectivity index is 1.94. The Bertz CT molecular complexity index is 363. The summed E-state index contributed by atoms with van der Waals surface area (Å²) in [4.78, 5) is 2.62. The van der Waals surface area contributed by atoms with E-state index >= 15 is 0 Å². The van der Waals surface area contributed by atoms with Crippen LogP contribution in [0.1, 0.15) is 32.8 Å². The van der Waals surface area contributed by atoms with E-state index < -0.39 is 0 Å². The zero-order chi connectivity index (χ0) is 13.1. The van der Waals surface area contributed by atoms with Crippen molar-refractivity contribution in [3.8, 4) is 5.75 Å². The third kappa shape index (κ3) is 3.49. The molecule has 100 valence electrons. The molecule has 1 fully saturated rings. The molecule has 1 aromatic rings. The summed E-state index contributed by atoms with van der Waals surface area (Å²) in [6.45, 7) is 9.48. The van der Waals surface area contributed by atoms with Crippen LogP contribution in [0.5, 0.6) is 5.75 Å². The maximum atomic E-state index is 9.30. The molecule has 0 aliphatic carbocycles. The van der Waals surface area contributed by atoms with Crippen LogP contribution in [-0.4, -0.2) is 29.1 Å². The van der Waals surface area contributed by atoms with Crippen LogP contribution in [-0.2, 0) is 6.42 Å². The molecule has 0 spiro atoms. The lowest BCUT2D eigenvalue weighted by molar-refractivity contribution is 0.103. The summed E-state index contributed by atoms with van der Waals surface area (Å²) in [7, 11) is 0. The smallest absolute Gasteiger partial charge is 0.115 e. The SMILES string of the molecule is CC1CC(C)CN(C(C)Cc2ccc(O)cc2)C1. The molecule has 0 saturated carbocycles. The average molecular weight is 247 g/mol. The average Bonchev–Trinajstić information content (AvgIpc) is 2.31. The number of hydrogen-bond donors (Lipinski definition) is 1. The quantitative estimate of drug-likeness (QED) is 0.886. The second kappa shape index (κ2) is 5.75. The fourth-order valence-electron chi connectivity index (χ4n) is 3.17. The fourth-order valence-corrected chi connectivity index (χ4v) is 3.17. The normalized spacial score (nSPS) is 27.1. The maximum Gasteiger partial charge on any atom is 0.115 e. The predicted molar refractivity (Wildman–Crippen MR) is 75.8 cm³/mol. The summed E-state index contributed by atoms with van der Waals surface area (Å²) in [5.74, 6) is 1.98. The van der Waals surface area contributed by atoms with Gasteiger partial charge >= 0.3 is 0 Å². The first-order valence-corrected chi connectivity index (χ1v) is 7.06. The van der Waals surface area contributed by atoms with E-state index in [-0.39, 0.29) is 0 Å². The summed E-state index contributed by atoms with van der Waals surface area (Å²) in [5, 5.41) is 9.30. The lowest BCUT2D eigenvalue weighted by Crippen LogP contribution is -2.44. The first kappa shape index (κ1) is 13.4.